The van der Waals surface area contributed by atoms with Crippen molar-refractivity contribution in [2.75, 3.05) is 32.1 Å². The zero-order valence-electron chi connectivity index (χ0n) is 17.7. The van der Waals surface area contributed by atoms with Gasteiger partial charge in [-0.25, -0.2) is 0 Å². The number of benzene rings is 1. The van der Waals surface area contributed by atoms with E-state index in [2.05, 4.69) is 39.6 Å². The molecular formula is C22H35IN4O2. The van der Waals surface area contributed by atoms with Crippen LogP contribution in [-0.2, 0) is 16.1 Å². The highest BCUT2D eigenvalue weighted by molar-refractivity contribution is 14.0. The van der Waals surface area contributed by atoms with E-state index in [0.717, 1.165) is 62.6 Å². The number of carbonyl (C=O) groups excluding carboxylic acids is 1. The maximum Gasteiger partial charge on any atom is 0.227 e. The molecule has 0 unspecified atom stereocenters. The molecule has 2 fully saturated rings. The lowest BCUT2D eigenvalue weighted by molar-refractivity contribution is -0.119. The van der Waals surface area contributed by atoms with Crippen LogP contribution in [0.3, 0.4) is 0 Å². The van der Waals surface area contributed by atoms with E-state index >= 15 is 0 Å². The number of nitrogens with one attached hydrogen (secondary N) is 2. The summed E-state index contributed by atoms with van der Waals surface area (Å²) in [6, 6.07) is 8.09. The van der Waals surface area contributed by atoms with E-state index in [9.17, 15) is 4.79 Å². The summed E-state index contributed by atoms with van der Waals surface area (Å²) >= 11 is 0. The zero-order chi connectivity index (χ0) is 19.8. The number of halogens is 1. The molecule has 1 saturated heterocycles. The van der Waals surface area contributed by atoms with Crippen molar-refractivity contribution in [1.82, 2.24) is 10.2 Å². The lowest BCUT2D eigenvalue weighted by Crippen LogP contribution is -2.46. The predicted molar refractivity (Wildman–Crippen MR) is 129 cm³/mol. The average Bonchev–Trinajstić information content (AvgIpc) is 3.25. The lowest BCUT2D eigenvalue weighted by Gasteiger charge is -2.34. The van der Waals surface area contributed by atoms with E-state index < -0.39 is 0 Å². The van der Waals surface area contributed by atoms with Crippen LogP contribution < -0.4 is 10.6 Å². The molecule has 6 nitrogen and oxygen atoms in total. The average molecular weight is 514 g/mol. The number of anilines is 1. The quantitative estimate of drug-likeness (QED) is 0.342. The van der Waals surface area contributed by atoms with E-state index in [-0.39, 0.29) is 35.8 Å². The molecule has 1 heterocycles. The second-order valence-corrected chi connectivity index (χ2v) is 7.71. The normalized spacial score (nSPS) is 18.4. The highest BCUT2D eigenvalue weighted by atomic mass is 127. The van der Waals surface area contributed by atoms with Gasteiger partial charge in [-0.1, -0.05) is 25.0 Å². The summed E-state index contributed by atoms with van der Waals surface area (Å²) in [4.78, 5) is 19.1. The molecule has 0 atom stereocenters. The molecule has 29 heavy (non-hydrogen) atoms. The molecule has 7 heteroatoms. The number of guanidine groups is 1. The van der Waals surface area contributed by atoms with Crippen molar-refractivity contribution < 1.29 is 9.53 Å². The minimum Gasteiger partial charge on any atom is -0.378 e. The number of ether oxygens (including phenoxy) is 1. The summed E-state index contributed by atoms with van der Waals surface area (Å²) in [6.45, 7) is 5.44. The molecule has 162 valence electrons. The smallest absolute Gasteiger partial charge is 0.227 e. The highest BCUT2D eigenvalue weighted by Crippen LogP contribution is 2.26. The van der Waals surface area contributed by atoms with Crippen LogP contribution in [0, 0.1) is 5.92 Å². The van der Waals surface area contributed by atoms with Gasteiger partial charge in [0, 0.05) is 44.9 Å². The molecule has 1 aromatic rings. The zero-order valence-corrected chi connectivity index (χ0v) is 20.0. The number of amides is 1. The van der Waals surface area contributed by atoms with E-state index in [0.29, 0.717) is 12.6 Å². The van der Waals surface area contributed by atoms with E-state index in [1.165, 1.54) is 12.8 Å². The molecular weight excluding hydrogens is 479 g/mol. The van der Waals surface area contributed by atoms with Crippen LogP contribution in [0.1, 0.15) is 51.0 Å². The van der Waals surface area contributed by atoms with Gasteiger partial charge in [-0.15, -0.1) is 24.0 Å². The van der Waals surface area contributed by atoms with Crippen LogP contribution >= 0.6 is 24.0 Å². The number of aliphatic imine (C=N–C) groups is 1. The molecule has 0 radical (unpaired) electrons. The third-order valence-electron chi connectivity index (χ3n) is 5.73. The maximum atomic E-state index is 12.4. The molecule has 0 aromatic heterocycles. The number of hydrogen-bond donors (Lipinski definition) is 2. The fraction of sp³-hybridized carbons (Fsp3) is 0.636. The Labute approximate surface area is 191 Å². The molecule has 1 amide bonds. The molecule has 3 rings (SSSR count). The monoisotopic (exact) mass is 514 g/mol. The third-order valence-corrected chi connectivity index (χ3v) is 5.73. The Bertz CT molecular complexity index is 669. The number of hydrogen-bond acceptors (Lipinski definition) is 3. The van der Waals surface area contributed by atoms with Crippen molar-refractivity contribution in [2.45, 2.75) is 58.1 Å². The van der Waals surface area contributed by atoms with E-state index in [1.807, 2.05) is 19.2 Å². The standard InChI is InChI=1S/C22H34N4O2.HI/c1-3-28-20-11-13-26(14-12-20)22(23-2)24-16-17-7-6-10-19(15-17)25-21(27)18-8-4-5-9-18;/h6-7,10,15,18,20H,3-5,8-9,11-14,16H2,1-2H3,(H,23,24)(H,25,27);1H. The lowest BCUT2D eigenvalue weighted by atomic mass is 10.1. The van der Waals surface area contributed by atoms with Crippen LogP contribution in [-0.4, -0.2) is 49.6 Å². The summed E-state index contributed by atoms with van der Waals surface area (Å²) in [5.41, 5.74) is 2.01. The highest BCUT2D eigenvalue weighted by Gasteiger charge is 2.23. The van der Waals surface area contributed by atoms with Gasteiger partial charge in [0.15, 0.2) is 5.96 Å². The van der Waals surface area contributed by atoms with Crippen molar-refractivity contribution in [2.24, 2.45) is 10.9 Å². The largest absolute Gasteiger partial charge is 0.378 e. The summed E-state index contributed by atoms with van der Waals surface area (Å²) in [7, 11) is 1.83. The van der Waals surface area contributed by atoms with Crippen molar-refractivity contribution in [3.05, 3.63) is 29.8 Å². The maximum absolute atomic E-state index is 12.4. The van der Waals surface area contributed by atoms with Crippen molar-refractivity contribution >= 4 is 41.5 Å². The van der Waals surface area contributed by atoms with Crippen LogP contribution in [0.25, 0.3) is 0 Å². The van der Waals surface area contributed by atoms with Gasteiger partial charge in [0.2, 0.25) is 5.91 Å². The number of rotatable bonds is 6. The summed E-state index contributed by atoms with van der Waals surface area (Å²) in [6.07, 6.45) is 6.83. The third kappa shape index (κ3) is 7.13. The molecule has 1 aromatic carbocycles. The van der Waals surface area contributed by atoms with Gasteiger partial charge in [-0.05, 0) is 50.3 Å². The molecule has 0 bridgehead atoms. The Hall–Kier alpha value is -1.35. The topological polar surface area (TPSA) is 66.0 Å². The molecule has 2 N–H and O–H groups in total. The summed E-state index contributed by atoms with van der Waals surface area (Å²) < 4.78 is 5.73. The Balaban J connectivity index is 0.00000300. The van der Waals surface area contributed by atoms with E-state index in [1.54, 1.807) is 0 Å². The summed E-state index contributed by atoms with van der Waals surface area (Å²) in [5.74, 6) is 1.27. The predicted octanol–water partition coefficient (Wildman–Crippen LogP) is 4.01. The number of piperidine rings is 1. The first kappa shape index (κ1) is 23.9. The van der Waals surface area contributed by atoms with Crippen molar-refractivity contribution in [1.29, 1.82) is 0 Å². The number of nitrogens with zero attached hydrogens (tertiary/aromatic N) is 2. The molecule has 1 saturated carbocycles. The van der Waals surface area contributed by atoms with Crippen molar-refractivity contribution in [3.63, 3.8) is 0 Å². The fourth-order valence-electron chi connectivity index (χ4n) is 4.17. The van der Waals surface area contributed by atoms with Crippen LogP contribution in [0.15, 0.2) is 29.3 Å². The first-order valence-electron chi connectivity index (χ1n) is 10.7. The van der Waals surface area contributed by atoms with Gasteiger partial charge in [-0.2, -0.15) is 0 Å². The van der Waals surface area contributed by atoms with Gasteiger partial charge in [-0.3, -0.25) is 9.79 Å². The van der Waals surface area contributed by atoms with Gasteiger partial charge in [0.1, 0.15) is 0 Å². The SMILES string of the molecule is CCOC1CCN(C(=NC)NCc2cccc(NC(=O)C3CCCC3)c2)CC1.I. The van der Waals surface area contributed by atoms with Crippen LogP contribution in [0.4, 0.5) is 5.69 Å². The Morgan fingerprint density at radius 1 is 1.21 bits per heavy atom. The number of carbonyl (C=O) groups is 1. The Morgan fingerprint density at radius 3 is 2.59 bits per heavy atom. The minimum atomic E-state index is 0. The number of likely N-dealkylation sites (tertiary alicyclic amines) is 1. The fourth-order valence-corrected chi connectivity index (χ4v) is 4.17. The second-order valence-electron chi connectivity index (χ2n) is 7.71. The van der Waals surface area contributed by atoms with Crippen LogP contribution in [0.2, 0.25) is 0 Å². The molecule has 1 aliphatic carbocycles. The summed E-state index contributed by atoms with van der Waals surface area (Å²) in [5, 5.41) is 6.55. The van der Waals surface area contributed by atoms with E-state index in [4.69, 9.17) is 4.74 Å². The van der Waals surface area contributed by atoms with Gasteiger partial charge in [0.05, 0.1) is 6.10 Å². The molecule has 2 aliphatic rings. The first-order chi connectivity index (χ1) is 13.7. The second kappa shape index (κ2) is 12.4. The first-order valence-corrected chi connectivity index (χ1v) is 10.7. The molecule has 1 aliphatic heterocycles. The Kier molecular flexibility index (Phi) is 10.2. The minimum absolute atomic E-state index is 0. The van der Waals surface area contributed by atoms with Crippen molar-refractivity contribution in [3.8, 4) is 0 Å². The van der Waals surface area contributed by atoms with Gasteiger partial charge in [0.25, 0.3) is 0 Å². The van der Waals surface area contributed by atoms with Gasteiger partial charge >= 0.3 is 0 Å². The molecule has 0 spiro atoms. The van der Waals surface area contributed by atoms with Crippen LogP contribution in [0.5, 0.6) is 0 Å². The Morgan fingerprint density at radius 2 is 1.93 bits per heavy atom. The van der Waals surface area contributed by atoms with Gasteiger partial charge < -0.3 is 20.3 Å².